The highest BCUT2D eigenvalue weighted by atomic mass is 32.1. The first kappa shape index (κ1) is 30.2. The maximum Gasteiger partial charge on any atom is 0.123 e. The van der Waals surface area contributed by atoms with Crippen molar-refractivity contribution in [2.45, 2.75) is 0 Å². The summed E-state index contributed by atoms with van der Waals surface area (Å²) in [5, 5.41) is 7.17. The van der Waals surface area contributed by atoms with Gasteiger partial charge in [0.1, 0.15) is 5.82 Å². The minimum Gasteiger partial charge on any atom is -0.309 e. The van der Waals surface area contributed by atoms with Crippen LogP contribution in [0.5, 0.6) is 0 Å². The van der Waals surface area contributed by atoms with Crippen LogP contribution in [0.25, 0.3) is 80.3 Å². The SMILES string of the molecule is Fc1ccc(-n2c3ccccc3c3ccc(-c4ccc(N(C5=c6sc7ccccc7c6=C=C=C5)c5cccc6c5sc5ccccc56)cc4)cc32)cc1. The lowest BCUT2D eigenvalue weighted by Crippen LogP contribution is -2.29. The van der Waals surface area contributed by atoms with E-state index in [0.29, 0.717) is 0 Å². The van der Waals surface area contributed by atoms with Crippen molar-refractivity contribution in [1.29, 1.82) is 0 Å². The molecule has 1 aliphatic carbocycles. The van der Waals surface area contributed by atoms with E-state index in [0.717, 1.165) is 55.5 Å². The van der Waals surface area contributed by atoms with Gasteiger partial charge in [0.25, 0.3) is 0 Å². The second-order valence-electron chi connectivity index (χ2n) is 13.3. The van der Waals surface area contributed by atoms with Crippen molar-refractivity contribution in [3.05, 3.63) is 185 Å². The maximum atomic E-state index is 14.0. The lowest BCUT2D eigenvalue weighted by Gasteiger charge is -2.27. The molecule has 0 unspecified atom stereocenters. The van der Waals surface area contributed by atoms with E-state index >= 15 is 0 Å². The number of fused-ring (bicyclic) bond motifs is 9. The molecule has 3 aromatic heterocycles. The molecule has 2 nitrogen and oxygen atoms in total. The number of anilines is 2. The van der Waals surface area contributed by atoms with Gasteiger partial charge in [-0.15, -0.1) is 22.7 Å². The molecule has 5 heteroatoms. The van der Waals surface area contributed by atoms with Gasteiger partial charge in [-0.1, -0.05) is 102 Å². The van der Waals surface area contributed by atoms with Crippen molar-refractivity contribution in [2.24, 2.45) is 0 Å². The Morgan fingerprint density at radius 3 is 2.06 bits per heavy atom. The molecular formula is C48H27FN2S2. The Bertz CT molecular complexity index is 3320. The summed E-state index contributed by atoms with van der Waals surface area (Å²) in [6, 6.07) is 54.6. The predicted molar refractivity (Wildman–Crippen MR) is 224 cm³/mol. The molecule has 7 aromatic carbocycles. The van der Waals surface area contributed by atoms with Crippen LogP contribution in [0.2, 0.25) is 0 Å². The van der Waals surface area contributed by atoms with Gasteiger partial charge in [-0.3, -0.25) is 0 Å². The minimum atomic E-state index is -0.243. The zero-order valence-corrected chi connectivity index (χ0v) is 29.8. The summed E-state index contributed by atoms with van der Waals surface area (Å²) in [5.41, 5.74) is 15.5. The third kappa shape index (κ3) is 4.70. The number of rotatable bonds is 5. The Morgan fingerprint density at radius 1 is 0.547 bits per heavy atom. The highest BCUT2D eigenvalue weighted by molar-refractivity contribution is 7.26. The first-order valence-corrected chi connectivity index (χ1v) is 19.2. The molecular weight excluding hydrogens is 688 g/mol. The average molecular weight is 715 g/mol. The molecule has 0 spiro atoms. The van der Waals surface area contributed by atoms with Crippen molar-refractivity contribution in [1.82, 2.24) is 4.57 Å². The lowest BCUT2D eigenvalue weighted by molar-refractivity contribution is 0.627. The van der Waals surface area contributed by atoms with Crippen LogP contribution in [0.3, 0.4) is 0 Å². The van der Waals surface area contributed by atoms with Crippen molar-refractivity contribution in [2.75, 3.05) is 4.90 Å². The molecule has 3 heterocycles. The van der Waals surface area contributed by atoms with E-state index < -0.39 is 0 Å². The van der Waals surface area contributed by atoms with Gasteiger partial charge >= 0.3 is 0 Å². The Kier molecular flexibility index (Phi) is 6.72. The molecule has 0 bridgehead atoms. The molecule has 0 saturated heterocycles. The van der Waals surface area contributed by atoms with E-state index in [9.17, 15) is 4.39 Å². The Balaban J connectivity index is 1.10. The van der Waals surface area contributed by atoms with Crippen molar-refractivity contribution < 1.29 is 4.39 Å². The van der Waals surface area contributed by atoms with Crippen LogP contribution < -0.4 is 14.7 Å². The summed E-state index contributed by atoms with van der Waals surface area (Å²) in [5.74, 6) is -0.243. The molecule has 53 heavy (non-hydrogen) atoms. The fourth-order valence-electron chi connectivity index (χ4n) is 7.90. The topological polar surface area (TPSA) is 8.17 Å². The third-order valence-corrected chi connectivity index (χ3v) is 12.7. The Labute approximate surface area is 311 Å². The summed E-state index contributed by atoms with van der Waals surface area (Å²) < 4.78 is 21.2. The number of benzene rings is 7. The number of hydrogen-bond donors (Lipinski definition) is 0. The zero-order valence-electron chi connectivity index (χ0n) is 28.2. The second kappa shape index (κ2) is 11.8. The Hall–Kier alpha value is -6.45. The maximum absolute atomic E-state index is 14.0. The van der Waals surface area contributed by atoms with Crippen molar-refractivity contribution in [3.63, 3.8) is 0 Å². The van der Waals surface area contributed by atoms with Crippen LogP contribution >= 0.6 is 22.7 Å². The van der Waals surface area contributed by atoms with E-state index in [1.807, 2.05) is 23.5 Å². The molecule has 0 amide bonds. The van der Waals surface area contributed by atoms with E-state index in [1.165, 1.54) is 52.3 Å². The minimum absolute atomic E-state index is 0.243. The highest BCUT2D eigenvalue weighted by Crippen LogP contribution is 2.44. The monoisotopic (exact) mass is 714 g/mol. The van der Waals surface area contributed by atoms with Gasteiger partial charge < -0.3 is 9.47 Å². The number of halogens is 1. The first-order valence-electron chi connectivity index (χ1n) is 17.5. The van der Waals surface area contributed by atoms with Gasteiger partial charge in [0.05, 0.1) is 36.9 Å². The molecule has 248 valence electrons. The third-order valence-electron chi connectivity index (χ3n) is 10.3. The highest BCUT2D eigenvalue weighted by Gasteiger charge is 2.22. The average Bonchev–Trinajstić information content (AvgIpc) is 3.89. The molecule has 0 atom stereocenters. The van der Waals surface area contributed by atoms with Crippen LogP contribution in [0.4, 0.5) is 15.8 Å². The van der Waals surface area contributed by atoms with Gasteiger partial charge in [0.2, 0.25) is 0 Å². The second-order valence-corrected chi connectivity index (χ2v) is 15.4. The molecule has 0 aliphatic heterocycles. The lowest BCUT2D eigenvalue weighted by atomic mass is 10.0. The number of thiophene rings is 2. The van der Waals surface area contributed by atoms with Crippen LogP contribution in [0.1, 0.15) is 0 Å². The van der Waals surface area contributed by atoms with Crippen LogP contribution in [-0.2, 0) is 0 Å². The summed E-state index contributed by atoms with van der Waals surface area (Å²) >= 11 is 3.65. The van der Waals surface area contributed by atoms with E-state index in [-0.39, 0.29) is 5.82 Å². The summed E-state index contributed by atoms with van der Waals surface area (Å²) in [7, 11) is 0. The fraction of sp³-hybridized carbons (Fsp3) is 0. The van der Waals surface area contributed by atoms with E-state index in [4.69, 9.17) is 0 Å². The number of hydrogen-bond acceptors (Lipinski definition) is 3. The van der Waals surface area contributed by atoms with Gasteiger partial charge in [-0.05, 0) is 77.9 Å². The largest absolute Gasteiger partial charge is 0.309 e. The molecule has 11 rings (SSSR count). The smallest absolute Gasteiger partial charge is 0.123 e. The van der Waals surface area contributed by atoms with Gasteiger partial charge in [-0.25, -0.2) is 4.39 Å². The summed E-state index contributed by atoms with van der Waals surface area (Å²) in [6.07, 6.45) is 2.08. The van der Waals surface area contributed by atoms with Crippen LogP contribution in [-0.4, -0.2) is 4.57 Å². The van der Waals surface area contributed by atoms with Gasteiger partial charge in [-0.2, -0.15) is 0 Å². The first-order chi connectivity index (χ1) is 26.2. The van der Waals surface area contributed by atoms with E-state index in [2.05, 4.69) is 160 Å². The Morgan fingerprint density at radius 2 is 1.23 bits per heavy atom. The molecule has 1 aliphatic rings. The predicted octanol–water partition coefficient (Wildman–Crippen LogP) is 12.2. The summed E-state index contributed by atoms with van der Waals surface area (Å²) in [6.45, 7) is 0. The number of nitrogens with zero attached hydrogens (tertiary/aromatic N) is 2. The standard InChI is InChI=1S/C48H27FN2S2/c49-32-22-26-34(27-23-32)50-41-14-4-1-9-35(41)36-28-21-31(29-44(36)50)30-19-24-33(25-20-30)51(42-15-7-12-39-37-10-2-5-17-45(37)52-47(39)42)43-16-8-13-40-38-11-3-6-18-46(38)53-48(40)43/h1-7,9-12,14-29H. The normalized spacial score (nSPS) is 12.4. The summed E-state index contributed by atoms with van der Waals surface area (Å²) in [4.78, 5) is 2.40. The molecule has 0 fully saturated rings. The molecule has 0 saturated carbocycles. The van der Waals surface area contributed by atoms with Crippen molar-refractivity contribution in [3.8, 4) is 16.8 Å². The molecule has 0 radical (unpaired) electrons. The zero-order chi connectivity index (χ0) is 35.0. The van der Waals surface area contributed by atoms with Crippen LogP contribution in [0, 0.1) is 5.82 Å². The number of para-hydroxylation sites is 1. The van der Waals surface area contributed by atoms with E-state index in [1.54, 1.807) is 11.3 Å². The van der Waals surface area contributed by atoms with Crippen LogP contribution in [0.15, 0.2) is 170 Å². The van der Waals surface area contributed by atoms with Gasteiger partial charge in [0, 0.05) is 53.8 Å². The number of aromatic nitrogens is 1. The van der Waals surface area contributed by atoms with Crippen molar-refractivity contribution >= 4 is 97.5 Å². The van der Waals surface area contributed by atoms with Gasteiger partial charge in [0.15, 0.2) is 0 Å². The molecule has 10 aromatic rings. The quantitative estimate of drug-likeness (QED) is 0.161. The fourth-order valence-corrected chi connectivity index (χ4v) is 10.3. The molecule has 0 N–H and O–H groups in total.